The molecule has 7 heteroatoms. The minimum Gasteiger partial charge on any atom is -0.481 e. The van der Waals surface area contributed by atoms with E-state index in [1.807, 2.05) is 0 Å². The Morgan fingerprint density at radius 1 is 1.28 bits per heavy atom. The van der Waals surface area contributed by atoms with E-state index in [1.54, 1.807) is 0 Å². The lowest BCUT2D eigenvalue weighted by atomic mass is 9.72. The van der Waals surface area contributed by atoms with Gasteiger partial charge in [0.1, 0.15) is 5.00 Å². The van der Waals surface area contributed by atoms with E-state index in [2.05, 4.69) is 26.1 Å². The number of amides is 1. The summed E-state index contributed by atoms with van der Waals surface area (Å²) in [5.74, 6) is -1.37. The molecule has 0 fully saturated rings. The fourth-order valence-corrected chi connectivity index (χ4v) is 4.47. The second-order valence-electron chi connectivity index (χ2n) is 7.45. The van der Waals surface area contributed by atoms with E-state index in [1.165, 1.54) is 18.4 Å². The number of carbonyl (C=O) groups excluding carboxylic acids is 2. The molecule has 1 atom stereocenters. The molecule has 6 nitrogen and oxygen atoms in total. The topological polar surface area (TPSA) is 92.7 Å². The molecule has 2 rings (SSSR count). The van der Waals surface area contributed by atoms with Gasteiger partial charge < -0.3 is 15.2 Å². The molecule has 0 saturated carbocycles. The Balaban J connectivity index is 2.28. The Kier molecular flexibility index (Phi) is 5.87. The number of hydrogen-bond acceptors (Lipinski definition) is 5. The van der Waals surface area contributed by atoms with E-state index in [9.17, 15) is 14.4 Å². The highest BCUT2D eigenvalue weighted by molar-refractivity contribution is 7.17. The lowest BCUT2D eigenvalue weighted by Gasteiger charge is -2.33. The number of rotatable bonds is 5. The number of esters is 1. The van der Waals surface area contributed by atoms with Gasteiger partial charge in [0.25, 0.3) is 0 Å². The normalized spacial score (nSPS) is 16.9. The van der Waals surface area contributed by atoms with E-state index in [0.29, 0.717) is 16.5 Å². The van der Waals surface area contributed by atoms with Crippen LogP contribution >= 0.6 is 11.3 Å². The SMILES string of the molecule is COC(=O)c1c(NC(=O)CCC(=O)O)sc2c1CCC(C(C)(C)C)C2. The van der Waals surface area contributed by atoms with Crippen LogP contribution in [-0.2, 0) is 27.2 Å². The smallest absolute Gasteiger partial charge is 0.341 e. The molecule has 1 unspecified atom stereocenters. The number of methoxy groups -OCH3 is 1. The lowest BCUT2D eigenvalue weighted by Crippen LogP contribution is -2.26. The predicted molar refractivity (Wildman–Crippen MR) is 96.1 cm³/mol. The van der Waals surface area contributed by atoms with E-state index in [-0.39, 0.29) is 18.3 Å². The first-order chi connectivity index (χ1) is 11.6. The Morgan fingerprint density at radius 3 is 2.52 bits per heavy atom. The molecule has 1 aliphatic rings. The highest BCUT2D eigenvalue weighted by Gasteiger charge is 2.34. The number of carboxylic acid groups (broad SMARTS) is 1. The first-order valence-electron chi connectivity index (χ1n) is 8.38. The maximum Gasteiger partial charge on any atom is 0.341 e. The van der Waals surface area contributed by atoms with Gasteiger partial charge in [0.15, 0.2) is 0 Å². The third-order valence-corrected chi connectivity index (χ3v) is 5.87. The van der Waals surface area contributed by atoms with Crippen molar-refractivity contribution in [3.63, 3.8) is 0 Å². The number of nitrogens with one attached hydrogen (secondary N) is 1. The second-order valence-corrected chi connectivity index (χ2v) is 8.55. The monoisotopic (exact) mass is 367 g/mol. The molecule has 1 amide bonds. The van der Waals surface area contributed by atoms with Crippen molar-refractivity contribution in [2.75, 3.05) is 12.4 Å². The van der Waals surface area contributed by atoms with Crippen molar-refractivity contribution in [1.29, 1.82) is 0 Å². The molecule has 0 bridgehead atoms. The minimum absolute atomic E-state index is 0.122. The number of anilines is 1. The molecule has 138 valence electrons. The third kappa shape index (κ3) is 4.60. The van der Waals surface area contributed by atoms with Crippen LogP contribution in [0.3, 0.4) is 0 Å². The summed E-state index contributed by atoms with van der Waals surface area (Å²) in [5, 5.41) is 11.9. The fourth-order valence-electron chi connectivity index (χ4n) is 3.14. The summed E-state index contributed by atoms with van der Waals surface area (Å²) in [6.45, 7) is 6.64. The van der Waals surface area contributed by atoms with Gasteiger partial charge in [-0.2, -0.15) is 0 Å². The summed E-state index contributed by atoms with van der Waals surface area (Å²) < 4.78 is 4.90. The average Bonchev–Trinajstić information content (AvgIpc) is 2.88. The molecule has 0 aliphatic heterocycles. The summed E-state index contributed by atoms with van der Waals surface area (Å²) in [6, 6.07) is 0. The quantitative estimate of drug-likeness (QED) is 0.777. The number of aliphatic carboxylic acids is 1. The fraction of sp³-hybridized carbons (Fsp3) is 0.611. The van der Waals surface area contributed by atoms with Crippen molar-refractivity contribution >= 4 is 34.2 Å². The summed E-state index contributed by atoms with van der Waals surface area (Å²) in [4.78, 5) is 36.0. The molecule has 1 aromatic rings. The molecule has 1 aliphatic carbocycles. The molecule has 0 saturated heterocycles. The zero-order chi connectivity index (χ0) is 18.8. The zero-order valence-corrected chi connectivity index (χ0v) is 15.9. The van der Waals surface area contributed by atoms with E-state index >= 15 is 0 Å². The minimum atomic E-state index is -1.03. The van der Waals surface area contributed by atoms with Gasteiger partial charge in [-0.05, 0) is 36.2 Å². The van der Waals surface area contributed by atoms with Gasteiger partial charge >= 0.3 is 11.9 Å². The van der Waals surface area contributed by atoms with E-state index in [4.69, 9.17) is 9.84 Å². The van der Waals surface area contributed by atoms with Crippen LogP contribution in [0.1, 0.15) is 60.8 Å². The van der Waals surface area contributed by atoms with Crippen LogP contribution in [0, 0.1) is 11.3 Å². The summed E-state index contributed by atoms with van der Waals surface area (Å²) in [7, 11) is 1.32. The Hall–Kier alpha value is -1.89. The number of hydrogen-bond donors (Lipinski definition) is 2. The molecule has 0 aromatic carbocycles. The number of ether oxygens (including phenoxy) is 1. The van der Waals surface area contributed by atoms with Crippen LogP contribution < -0.4 is 5.32 Å². The van der Waals surface area contributed by atoms with Crippen molar-refractivity contribution in [3.05, 3.63) is 16.0 Å². The summed E-state index contributed by atoms with van der Waals surface area (Å²) in [5.41, 5.74) is 1.57. The highest BCUT2D eigenvalue weighted by atomic mass is 32.1. The van der Waals surface area contributed by atoms with Crippen molar-refractivity contribution < 1.29 is 24.2 Å². The van der Waals surface area contributed by atoms with Gasteiger partial charge in [0.2, 0.25) is 5.91 Å². The zero-order valence-electron chi connectivity index (χ0n) is 15.1. The van der Waals surface area contributed by atoms with Gasteiger partial charge in [-0.3, -0.25) is 9.59 Å². The first kappa shape index (κ1) is 19.4. The number of fused-ring (bicyclic) bond motifs is 1. The number of thiophene rings is 1. The van der Waals surface area contributed by atoms with Crippen molar-refractivity contribution in [2.45, 2.75) is 52.9 Å². The number of carbonyl (C=O) groups is 3. The Labute approximate surface area is 151 Å². The van der Waals surface area contributed by atoms with E-state index < -0.39 is 17.8 Å². The van der Waals surface area contributed by atoms with Gasteiger partial charge in [-0.1, -0.05) is 20.8 Å². The standard InChI is InChI=1S/C18H25NO5S/c1-18(2,3)10-5-6-11-12(9-10)25-16(15(11)17(23)24-4)19-13(20)7-8-14(21)22/h10H,5-9H2,1-4H3,(H,19,20)(H,21,22). The van der Waals surface area contributed by atoms with Crippen LogP contribution in [-0.4, -0.2) is 30.1 Å². The van der Waals surface area contributed by atoms with Crippen molar-refractivity contribution in [2.24, 2.45) is 11.3 Å². The molecule has 2 N–H and O–H groups in total. The Morgan fingerprint density at radius 2 is 1.96 bits per heavy atom. The lowest BCUT2D eigenvalue weighted by molar-refractivity contribution is -0.138. The van der Waals surface area contributed by atoms with Gasteiger partial charge in [0, 0.05) is 11.3 Å². The second kappa shape index (κ2) is 7.56. The first-order valence-corrected chi connectivity index (χ1v) is 9.19. The van der Waals surface area contributed by atoms with Crippen LogP contribution in [0.25, 0.3) is 0 Å². The highest BCUT2D eigenvalue weighted by Crippen LogP contribution is 2.44. The van der Waals surface area contributed by atoms with Gasteiger partial charge in [-0.15, -0.1) is 11.3 Å². The molecule has 1 heterocycles. The summed E-state index contributed by atoms with van der Waals surface area (Å²) in [6.07, 6.45) is 2.28. The predicted octanol–water partition coefficient (Wildman–Crippen LogP) is 3.49. The summed E-state index contributed by atoms with van der Waals surface area (Å²) >= 11 is 1.41. The number of carboxylic acids is 1. The third-order valence-electron chi connectivity index (χ3n) is 4.70. The molecular formula is C18H25NO5S. The van der Waals surface area contributed by atoms with Crippen molar-refractivity contribution in [3.8, 4) is 0 Å². The molecule has 0 spiro atoms. The molecular weight excluding hydrogens is 342 g/mol. The molecule has 25 heavy (non-hydrogen) atoms. The molecule has 0 radical (unpaired) electrons. The van der Waals surface area contributed by atoms with E-state index in [0.717, 1.165) is 29.7 Å². The molecule has 1 aromatic heterocycles. The maximum absolute atomic E-state index is 12.2. The van der Waals surface area contributed by atoms with Gasteiger partial charge in [0.05, 0.1) is 19.1 Å². The average molecular weight is 367 g/mol. The van der Waals surface area contributed by atoms with Crippen LogP contribution in [0.15, 0.2) is 0 Å². The van der Waals surface area contributed by atoms with Crippen molar-refractivity contribution in [1.82, 2.24) is 0 Å². The van der Waals surface area contributed by atoms with Crippen LogP contribution in [0.5, 0.6) is 0 Å². The van der Waals surface area contributed by atoms with Crippen LogP contribution in [0.4, 0.5) is 5.00 Å². The maximum atomic E-state index is 12.2. The van der Waals surface area contributed by atoms with Gasteiger partial charge in [-0.25, -0.2) is 4.79 Å². The Bertz CT molecular complexity index is 686. The largest absolute Gasteiger partial charge is 0.481 e. The van der Waals surface area contributed by atoms with Crippen LogP contribution in [0.2, 0.25) is 0 Å².